The highest BCUT2D eigenvalue weighted by atomic mass is 16.1. The summed E-state index contributed by atoms with van der Waals surface area (Å²) in [5, 5.41) is 7.91. The van der Waals surface area contributed by atoms with Crippen molar-refractivity contribution in [2.75, 3.05) is 6.67 Å². The summed E-state index contributed by atoms with van der Waals surface area (Å²) >= 11 is 0. The number of carbonyl (C=O) groups is 1. The van der Waals surface area contributed by atoms with E-state index < -0.39 is 0 Å². The number of rotatable bonds is 17. The van der Waals surface area contributed by atoms with E-state index in [4.69, 9.17) is 0 Å². The van der Waals surface area contributed by atoms with Crippen LogP contribution in [0, 0.1) is 5.92 Å². The molecule has 0 N–H and O–H groups in total. The number of azo groups is 1. The van der Waals surface area contributed by atoms with Crippen LogP contribution in [0.4, 0.5) is 0 Å². The minimum atomic E-state index is 0.0808. The lowest BCUT2D eigenvalue weighted by Gasteiger charge is -2.16. The zero-order valence-electron chi connectivity index (χ0n) is 19.1. The minimum absolute atomic E-state index is 0.0808. The molecule has 0 radical (unpaired) electrons. The lowest BCUT2D eigenvalue weighted by atomic mass is 9.89. The largest absolute Gasteiger partial charge is 0.292 e. The number of hydrogen-bond donors (Lipinski definition) is 0. The fourth-order valence-corrected chi connectivity index (χ4v) is 4.02. The number of nitrogens with zero attached hydrogens (tertiary/aromatic N) is 4. The Morgan fingerprint density at radius 3 is 2.03 bits per heavy atom. The summed E-state index contributed by atoms with van der Waals surface area (Å²) in [6, 6.07) is 5.59. The molecule has 0 amide bonds. The van der Waals surface area contributed by atoms with Gasteiger partial charge >= 0.3 is 0 Å². The molecule has 1 aromatic heterocycles. The van der Waals surface area contributed by atoms with Gasteiger partial charge in [0.2, 0.25) is 0 Å². The van der Waals surface area contributed by atoms with Crippen LogP contribution in [0.2, 0.25) is 0 Å². The van der Waals surface area contributed by atoms with Crippen LogP contribution in [0.1, 0.15) is 120 Å². The molecule has 1 aliphatic rings. The van der Waals surface area contributed by atoms with Gasteiger partial charge in [0.05, 0.1) is 0 Å². The maximum absolute atomic E-state index is 13.3. The van der Waals surface area contributed by atoms with Crippen molar-refractivity contribution >= 4 is 11.6 Å². The first-order valence-electron chi connectivity index (χ1n) is 12.2. The molecule has 0 fully saturated rings. The summed E-state index contributed by atoms with van der Waals surface area (Å²) in [6.07, 6.45) is 17.0. The molecule has 0 atom stereocenters. The number of Topliss-reactive ketones (excluding diaryl/α,β-unsaturated/α-hetero) is 1. The van der Waals surface area contributed by atoms with Crippen LogP contribution in [0.3, 0.4) is 0 Å². The van der Waals surface area contributed by atoms with E-state index in [1.807, 2.05) is 18.2 Å². The second kappa shape index (κ2) is 15.0. The van der Waals surface area contributed by atoms with Crippen molar-refractivity contribution < 1.29 is 4.79 Å². The summed E-state index contributed by atoms with van der Waals surface area (Å²) in [4.78, 5) is 22.1. The summed E-state index contributed by atoms with van der Waals surface area (Å²) < 4.78 is 0. The van der Waals surface area contributed by atoms with Gasteiger partial charge in [-0.1, -0.05) is 97.0 Å². The minimum Gasteiger partial charge on any atom is -0.292 e. The topological polar surface area (TPSA) is 67.0 Å². The molecule has 0 unspecified atom stereocenters. The Morgan fingerprint density at radius 2 is 1.47 bits per heavy atom. The summed E-state index contributed by atoms with van der Waals surface area (Å²) in [7, 11) is 0. The molecule has 0 saturated heterocycles. The van der Waals surface area contributed by atoms with Crippen molar-refractivity contribution in [3.63, 3.8) is 0 Å². The quantitative estimate of drug-likeness (QED) is 0.196. The lowest BCUT2D eigenvalue weighted by molar-refractivity contribution is 0.0896. The third-order valence-electron chi connectivity index (χ3n) is 5.86. The predicted molar refractivity (Wildman–Crippen MR) is 124 cm³/mol. The van der Waals surface area contributed by atoms with Gasteiger partial charge in [0.25, 0.3) is 0 Å². The number of carbonyl (C=O) groups excluding carboxylic acids is 1. The van der Waals surface area contributed by atoms with Crippen LogP contribution in [-0.2, 0) is 0 Å². The highest BCUT2D eigenvalue weighted by molar-refractivity contribution is 6.00. The molecule has 1 aromatic rings. The van der Waals surface area contributed by atoms with Gasteiger partial charge in [-0.2, -0.15) is 5.11 Å². The van der Waals surface area contributed by atoms with Crippen molar-refractivity contribution in [2.24, 2.45) is 21.1 Å². The summed E-state index contributed by atoms with van der Waals surface area (Å²) in [5.41, 5.74) is 1.21. The van der Waals surface area contributed by atoms with Gasteiger partial charge in [-0.25, -0.2) is 9.98 Å². The molecule has 2 heterocycles. The second-order valence-electron chi connectivity index (χ2n) is 8.45. The van der Waals surface area contributed by atoms with E-state index in [1.54, 1.807) is 0 Å². The van der Waals surface area contributed by atoms with Crippen molar-refractivity contribution in [3.05, 3.63) is 29.6 Å². The standard InChI is InChI=1S/C25H40N4O/c1-3-5-7-9-11-13-16-21(17-14-12-10-8-6-4-2)24(30)22-18-15-19-23(28-22)25-26-20-27-29-25/h15,18-19,21H,3-14,16-17,20H2,1-2H3. The van der Waals surface area contributed by atoms with E-state index in [1.165, 1.54) is 64.2 Å². The van der Waals surface area contributed by atoms with E-state index >= 15 is 0 Å². The van der Waals surface area contributed by atoms with Crippen LogP contribution in [0.25, 0.3) is 0 Å². The first-order valence-corrected chi connectivity index (χ1v) is 12.2. The third kappa shape index (κ3) is 8.85. The smallest absolute Gasteiger partial charge is 0.197 e. The first kappa shape index (κ1) is 24.4. The van der Waals surface area contributed by atoms with E-state index in [9.17, 15) is 4.79 Å². The number of aromatic nitrogens is 1. The molecular formula is C25H40N4O. The first-order chi connectivity index (χ1) is 14.8. The van der Waals surface area contributed by atoms with Crippen LogP contribution >= 0.6 is 0 Å². The Bertz CT molecular complexity index is 667. The average Bonchev–Trinajstić information content (AvgIpc) is 3.31. The molecule has 0 bridgehead atoms. The molecule has 5 nitrogen and oxygen atoms in total. The average molecular weight is 413 g/mol. The van der Waals surface area contributed by atoms with Gasteiger partial charge in [-0.05, 0) is 25.0 Å². The van der Waals surface area contributed by atoms with Crippen LogP contribution in [0.15, 0.2) is 33.4 Å². The molecule has 0 aliphatic carbocycles. The number of amidine groups is 1. The Hall–Kier alpha value is -1.91. The maximum atomic E-state index is 13.3. The van der Waals surface area contributed by atoms with Gasteiger partial charge < -0.3 is 0 Å². The molecule has 0 saturated carbocycles. The Labute approximate surface area is 182 Å². The second-order valence-corrected chi connectivity index (χ2v) is 8.45. The molecule has 1 aliphatic heterocycles. The normalized spacial score (nSPS) is 13.2. The molecular weight excluding hydrogens is 372 g/mol. The Morgan fingerprint density at radius 1 is 0.867 bits per heavy atom. The molecule has 166 valence electrons. The number of aliphatic imine (C=N–C) groups is 1. The molecule has 0 spiro atoms. The number of unbranched alkanes of at least 4 members (excludes halogenated alkanes) is 10. The number of hydrogen-bond acceptors (Lipinski definition) is 5. The van der Waals surface area contributed by atoms with Gasteiger partial charge in [0.1, 0.15) is 11.4 Å². The van der Waals surface area contributed by atoms with E-state index in [0.29, 0.717) is 23.9 Å². The van der Waals surface area contributed by atoms with Gasteiger partial charge in [0, 0.05) is 5.92 Å². The predicted octanol–water partition coefficient (Wildman–Crippen LogP) is 7.55. The van der Waals surface area contributed by atoms with Crippen LogP contribution in [0.5, 0.6) is 0 Å². The molecule has 0 aromatic carbocycles. The van der Waals surface area contributed by atoms with Crippen molar-refractivity contribution in [1.82, 2.24) is 4.98 Å². The zero-order chi connectivity index (χ0) is 21.4. The van der Waals surface area contributed by atoms with Crippen LogP contribution < -0.4 is 0 Å². The Balaban J connectivity index is 1.92. The Kier molecular flexibility index (Phi) is 12.2. The fraction of sp³-hybridized carbons (Fsp3) is 0.720. The number of ketones is 1. The summed E-state index contributed by atoms with van der Waals surface area (Å²) in [5.74, 6) is 0.805. The molecule has 30 heavy (non-hydrogen) atoms. The highest BCUT2D eigenvalue weighted by Crippen LogP contribution is 2.23. The maximum Gasteiger partial charge on any atom is 0.197 e. The lowest BCUT2D eigenvalue weighted by Crippen LogP contribution is -2.17. The highest BCUT2D eigenvalue weighted by Gasteiger charge is 2.21. The van der Waals surface area contributed by atoms with Gasteiger partial charge in [-0.3, -0.25) is 4.79 Å². The van der Waals surface area contributed by atoms with Crippen molar-refractivity contribution in [1.29, 1.82) is 0 Å². The fourth-order valence-electron chi connectivity index (χ4n) is 4.02. The SMILES string of the molecule is CCCCCCCCC(CCCCCCCC)C(=O)c1cccc(C2=NCN=N2)n1. The van der Waals surface area contributed by atoms with Crippen molar-refractivity contribution in [3.8, 4) is 0 Å². The molecule has 2 rings (SSSR count). The molecule has 5 heteroatoms. The monoisotopic (exact) mass is 412 g/mol. The van der Waals surface area contributed by atoms with E-state index in [-0.39, 0.29) is 11.7 Å². The van der Waals surface area contributed by atoms with Crippen molar-refractivity contribution in [2.45, 2.75) is 104 Å². The zero-order valence-corrected chi connectivity index (χ0v) is 19.1. The van der Waals surface area contributed by atoms with E-state index in [2.05, 4.69) is 34.1 Å². The summed E-state index contributed by atoms with van der Waals surface area (Å²) in [6.45, 7) is 4.84. The van der Waals surface area contributed by atoms with E-state index in [0.717, 1.165) is 25.7 Å². The van der Waals surface area contributed by atoms with Gasteiger partial charge in [-0.15, -0.1) is 5.11 Å². The third-order valence-corrected chi connectivity index (χ3v) is 5.86. The van der Waals surface area contributed by atoms with Crippen LogP contribution in [-0.4, -0.2) is 23.3 Å². The van der Waals surface area contributed by atoms with Gasteiger partial charge in [0.15, 0.2) is 18.3 Å². The number of pyridine rings is 1.